The van der Waals surface area contributed by atoms with Crippen LogP contribution in [0.5, 0.6) is 11.6 Å². The summed E-state index contributed by atoms with van der Waals surface area (Å²) < 4.78 is 44.5. The van der Waals surface area contributed by atoms with Crippen molar-refractivity contribution in [2.75, 3.05) is 7.11 Å². The molecule has 0 spiro atoms. The van der Waals surface area contributed by atoms with E-state index in [9.17, 15) is 18.0 Å². The van der Waals surface area contributed by atoms with E-state index >= 15 is 0 Å². The summed E-state index contributed by atoms with van der Waals surface area (Å²) in [6, 6.07) is 0.968. The van der Waals surface area contributed by atoms with Crippen LogP contribution in [-0.4, -0.2) is 24.7 Å². The fourth-order valence-electron chi connectivity index (χ4n) is 1.08. The molecular formula is C9H7ClF3NO3. The van der Waals surface area contributed by atoms with Crippen molar-refractivity contribution >= 4 is 17.9 Å². The number of methoxy groups -OCH3 is 1. The van der Waals surface area contributed by atoms with Crippen LogP contribution in [0.2, 0.25) is 0 Å². The van der Waals surface area contributed by atoms with Gasteiger partial charge in [-0.1, -0.05) is 0 Å². The highest BCUT2D eigenvalue weighted by Gasteiger charge is 2.33. The van der Waals surface area contributed by atoms with Crippen molar-refractivity contribution in [3.8, 4) is 11.6 Å². The van der Waals surface area contributed by atoms with Gasteiger partial charge < -0.3 is 9.47 Å². The minimum Gasteiger partial charge on any atom is -0.478 e. The zero-order valence-corrected chi connectivity index (χ0v) is 9.30. The summed E-state index contributed by atoms with van der Waals surface area (Å²) in [4.78, 5) is 14.2. The molecule has 1 rings (SSSR count). The predicted molar refractivity (Wildman–Crippen MR) is 52.4 cm³/mol. The monoisotopic (exact) mass is 269 g/mol. The third-order valence-electron chi connectivity index (χ3n) is 1.74. The standard InChI is InChI=1S/C9H7ClF3NO3/c1-16-8-7(17-9(11,12)13)2-5(3-10)6(4-15)14-8/h2,4H,3H2,1H3. The molecule has 1 aromatic heterocycles. The van der Waals surface area contributed by atoms with Crippen LogP contribution in [0.3, 0.4) is 0 Å². The van der Waals surface area contributed by atoms with Crippen LogP contribution in [0.15, 0.2) is 6.07 Å². The number of alkyl halides is 4. The second-order valence-corrected chi connectivity index (χ2v) is 3.11. The third-order valence-corrected chi connectivity index (χ3v) is 2.03. The number of aldehydes is 1. The minimum absolute atomic E-state index is 0.0913. The Kier molecular flexibility index (Phi) is 4.17. The SMILES string of the molecule is COc1nc(C=O)c(CCl)cc1OC(F)(F)F. The highest BCUT2D eigenvalue weighted by Crippen LogP contribution is 2.32. The Bertz CT molecular complexity index is 423. The minimum atomic E-state index is -4.87. The number of nitrogens with zero attached hydrogens (tertiary/aromatic N) is 1. The second-order valence-electron chi connectivity index (χ2n) is 2.84. The highest BCUT2D eigenvalue weighted by atomic mass is 35.5. The van der Waals surface area contributed by atoms with Gasteiger partial charge in [0.15, 0.2) is 12.0 Å². The molecule has 0 fully saturated rings. The van der Waals surface area contributed by atoms with E-state index in [1.165, 1.54) is 0 Å². The summed E-state index contributed by atoms with van der Waals surface area (Å²) >= 11 is 5.47. The number of rotatable bonds is 4. The zero-order chi connectivity index (χ0) is 13.1. The number of halogens is 4. The Hall–Kier alpha value is -1.50. The first-order valence-corrected chi connectivity index (χ1v) is 4.79. The van der Waals surface area contributed by atoms with E-state index in [4.69, 9.17) is 11.6 Å². The van der Waals surface area contributed by atoms with E-state index in [0.717, 1.165) is 13.2 Å². The molecule has 4 nitrogen and oxygen atoms in total. The van der Waals surface area contributed by atoms with Gasteiger partial charge in [0.2, 0.25) is 0 Å². The maximum atomic E-state index is 12.1. The fraction of sp³-hybridized carbons (Fsp3) is 0.333. The molecule has 0 atom stereocenters. The van der Waals surface area contributed by atoms with E-state index in [0.29, 0.717) is 6.29 Å². The van der Waals surface area contributed by atoms with Crippen molar-refractivity contribution in [1.29, 1.82) is 0 Å². The van der Waals surface area contributed by atoms with Crippen molar-refractivity contribution in [3.05, 3.63) is 17.3 Å². The lowest BCUT2D eigenvalue weighted by molar-refractivity contribution is -0.275. The summed E-state index contributed by atoms with van der Waals surface area (Å²) in [6.07, 6.45) is -4.50. The lowest BCUT2D eigenvalue weighted by Crippen LogP contribution is -2.18. The lowest BCUT2D eigenvalue weighted by atomic mass is 10.2. The van der Waals surface area contributed by atoms with E-state index in [-0.39, 0.29) is 17.1 Å². The number of carbonyl (C=O) groups is 1. The summed E-state index contributed by atoms with van der Waals surface area (Å²) in [5.41, 5.74) is 0.0353. The molecule has 0 unspecified atom stereocenters. The largest absolute Gasteiger partial charge is 0.573 e. The van der Waals surface area contributed by atoms with Crippen LogP contribution in [0.25, 0.3) is 0 Å². The van der Waals surface area contributed by atoms with Gasteiger partial charge in [-0.15, -0.1) is 24.8 Å². The van der Waals surface area contributed by atoms with Gasteiger partial charge in [-0.25, -0.2) is 4.98 Å². The molecule has 17 heavy (non-hydrogen) atoms. The molecule has 0 bridgehead atoms. The van der Waals surface area contributed by atoms with Crippen LogP contribution < -0.4 is 9.47 Å². The molecule has 0 amide bonds. The summed E-state index contributed by atoms with van der Waals surface area (Å²) in [5, 5.41) is 0. The number of hydrogen-bond acceptors (Lipinski definition) is 4. The highest BCUT2D eigenvalue weighted by molar-refractivity contribution is 6.17. The molecule has 0 saturated carbocycles. The van der Waals surface area contributed by atoms with Crippen molar-refractivity contribution in [2.24, 2.45) is 0 Å². The first-order chi connectivity index (χ1) is 7.91. The molecule has 0 aliphatic carbocycles. The van der Waals surface area contributed by atoms with Gasteiger partial charge in [-0.3, -0.25) is 4.79 Å². The van der Waals surface area contributed by atoms with Gasteiger partial charge in [-0.05, 0) is 11.6 Å². The van der Waals surface area contributed by atoms with Crippen LogP contribution in [0.1, 0.15) is 16.1 Å². The van der Waals surface area contributed by atoms with Crippen molar-refractivity contribution < 1.29 is 27.4 Å². The first kappa shape index (κ1) is 13.6. The molecule has 8 heteroatoms. The summed E-state index contributed by atoms with van der Waals surface area (Å²) in [6.45, 7) is 0. The Labute approximate surface area is 99.3 Å². The molecule has 94 valence electrons. The molecule has 0 radical (unpaired) electrons. The van der Waals surface area contributed by atoms with Gasteiger partial charge in [0.25, 0.3) is 5.88 Å². The lowest BCUT2D eigenvalue weighted by Gasteiger charge is -2.13. The Morgan fingerprint density at radius 1 is 1.53 bits per heavy atom. The Morgan fingerprint density at radius 2 is 2.18 bits per heavy atom. The zero-order valence-electron chi connectivity index (χ0n) is 8.55. The molecule has 0 aromatic carbocycles. The number of pyridine rings is 1. The maximum absolute atomic E-state index is 12.1. The quantitative estimate of drug-likeness (QED) is 0.622. The van der Waals surface area contributed by atoms with Gasteiger partial charge in [0.05, 0.1) is 7.11 Å². The van der Waals surface area contributed by atoms with E-state index in [1.54, 1.807) is 0 Å². The number of carbonyl (C=O) groups excluding carboxylic acids is 1. The molecule has 1 heterocycles. The van der Waals surface area contributed by atoms with Crippen LogP contribution in [0.4, 0.5) is 13.2 Å². The molecule has 0 N–H and O–H groups in total. The summed E-state index contributed by atoms with van der Waals surface area (Å²) in [5.74, 6) is -1.24. The smallest absolute Gasteiger partial charge is 0.478 e. The predicted octanol–water partition coefficient (Wildman–Crippen LogP) is 2.54. The Balaban J connectivity index is 3.23. The fourth-order valence-corrected chi connectivity index (χ4v) is 1.30. The van der Waals surface area contributed by atoms with E-state index in [2.05, 4.69) is 14.5 Å². The van der Waals surface area contributed by atoms with Gasteiger partial charge >= 0.3 is 6.36 Å². The normalized spacial score (nSPS) is 11.1. The number of aromatic nitrogens is 1. The third kappa shape index (κ3) is 3.48. The van der Waals surface area contributed by atoms with Crippen LogP contribution in [-0.2, 0) is 5.88 Å². The number of ether oxygens (including phenoxy) is 2. The summed E-state index contributed by atoms with van der Waals surface area (Å²) in [7, 11) is 1.11. The van der Waals surface area contributed by atoms with E-state index in [1.807, 2.05) is 0 Å². The Morgan fingerprint density at radius 3 is 2.59 bits per heavy atom. The first-order valence-electron chi connectivity index (χ1n) is 4.26. The molecule has 0 saturated heterocycles. The van der Waals surface area contributed by atoms with E-state index < -0.39 is 18.0 Å². The average Bonchev–Trinajstić information content (AvgIpc) is 2.26. The molecule has 0 aliphatic rings. The van der Waals surface area contributed by atoms with Gasteiger partial charge in [0, 0.05) is 5.88 Å². The van der Waals surface area contributed by atoms with Crippen LogP contribution >= 0.6 is 11.6 Å². The van der Waals surface area contributed by atoms with Crippen molar-refractivity contribution in [3.63, 3.8) is 0 Å². The van der Waals surface area contributed by atoms with Gasteiger partial charge in [-0.2, -0.15) is 0 Å². The van der Waals surface area contributed by atoms with Crippen LogP contribution in [0, 0.1) is 0 Å². The molecular weight excluding hydrogens is 263 g/mol. The van der Waals surface area contributed by atoms with Crippen molar-refractivity contribution in [2.45, 2.75) is 12.2 Å². The topological polar surface area (TPSA) is 48.4 Å². The molecule has 1 aromatic rings. The average molecular weight is 270 g/mol. The number of hydrogen-bond donors (Lipinski definition) is 0. The molecule has 0 aliphatic heterocycles. The maximum Gasteiger partial charge on any atom is 0.573 e. The second kappa shape index (κ2) is 5.22. The van der Waals surface area contributed by atoms with Crippen molar-refractivity contribution in [1.82, 2.24) is 4.98 Å². The van der Waals surface area contributed by atoms with Gasteiger partial charge in [0.1, 0.15) is 5.69 Å².